The lowest BCUT2D eigenvalue weighted by Gasteiger charge is -2.57. The van der Waals surface area contributed by atoms with Gasteiger partial charge < -0.3 is 34.3 Å². The van der Waals surface area contributed by atoms with Gasteiger partial charge in [0.15, 0.2) is 35.4 Å². The van der Waals surface area contributed by atoms with Crippen molar-refractivity contribution in [3.63, 3.8) is 0 Å². The van der Waals surface area contributed by atoms with Crippen LogP contribution >= 0.6 is 0 Å². The molecule has 0 amide bonds. The molecule has 0 saturated carbocycles. The number of imidazole rings is 1. The van der Waals surface area contributed by atoms with E-state index in [9.17, 15) is 19.2 Å². The standard InChI is InChI=1S/C37H41N7O9/c1-6-36-12-9-14-43-15-13-37(35(36)43)22-10-7-8-11-23(22)41-30(37)25(34(48)49-5)29(36)42-31-26-32(39-17-38-31)44(18-40-26)33-28(52-21(4)47)27(51-20(3)46)24(53-33)16-50-19(2)45/h7-12,17-18,24,27-29,33,35,41H,6,13-16H2,1-5H3,(H,38,39,42)/t24?,27?,28?,29-,33?,35?,36?,37-/m0/s1. The van der Waals surface area contributed by atoms with Gasteiger partial charge in [0.25, 0.3) is 0 Å². The molecule has 0 radical (unpaired) electrons. The van der Waals surface area contributed by atoms with E-state index < -0.39 is 65.3 Å². The molecule has 16 nitrogen and oxygen atoms in total. The molecule has 5 aliphatic rings. The Bertz CT molecular complexity index is 2080. The fraction of sp³-hybridized carbons (Fsp3) is 0.486. The van der Waals surface area contributed by atoms with E-state index in [2.05, 4.69) is 62.8 Å². The molecule has 1 aromatic carbocycles. The number of carbonyl (C=O) groups excluding carboxylic acids is 4. The Morgan fingerprint density at radius 3 is 2.55 bits per heavy atom. The first-order chi connectivity index (χ1) is 25.5. The quantitative estimate of drug-likeness (QED) is 0.186. The lowest BCUT2D eigenvalue weighted by atomic mass is 9.53. The molecule has 0 bridgehead atoms. The summed E-state index contributed by atoms with van der Waals surface area (Å²) in [6.07, 6.45) is 4.54. The third kappa shape index (κ3) is 5.21. The first-order valence-electron chi connectivity index (χ1n) is 17.7. The number of fused-ring (bicyclic) bond motifs is 2. The maximum absolute atomic E-state index is 14.1. The van der Waals surface area contributed by atoms with Crippen molar-refractivity contribution in [3.8, 4) is 0 Å². The van der Waals surface area contributed by atoms with Crippen LogP contribution < -0.4 is 10.6 Å². The Labute approximate surface area is 304 Å². The Kier molecular flexibility index (Phi) is 8.48. The third-order valence-corrected chi connectivity index (χ3v) is 11.4. The van der Waals surface area contributed by atoms with Crippen molar-refractivity contribution in [2.75, 3.05) is 37.4 Å². The summed E-state index contributed by atoms with van der Waals surface area (Å²) in [4.78, 5) is 66.7. The highest BCUT2D eigenvalue weighted by Gasteiger charge is 2.68. The molecule has 6 heterocycles. The highest BCUT2D eigenvalue weighted by Crippen LogP contribution is 2.64. The summed E-state index contributed by atoms with van der Waals surface area (Å²) in [5, 5.41) is 7.31. The van der Waals surface area contributed by atoms with Gasteiger partial charge in [-0.05, 0) is 24.5 Å². The lowest BCUT2D eigenvalue weighted by molar-refractivity contribution is -0.166. The fourth-order valence-corrected chi connectivity index (χ4v) is 9.52. The molecule has 2 fully saturated rings. The van der Waals surface area contributed by atoms with Crippen molar-refractivity contribution in [2.45, 2.75) is 82.6 Å². The van der Waals surface area contributed by atoms with Crippen LogP contribution in [0.5, 0.6) is 0 Å². The normalized spacial score (nSPS) is 31.0. The average molecular weight is 728 g/mol. The van der Waals surface area contributed by atoms with Gasteiger partial charge in [-0.3, -0.25) is 23.9 Å². The molecule has 4 aliphatic heterocycles. The summed E-state index contributed by atoms with van der Waals surface area (Å²) in [6.45, 7) is 7.24. The van der Waals surface area contributed by atoms with Crippen molar-refractivity contribution in [1.82, 2.24) is 24.4 Å². The van der Waals surface area contributed by atoms with E-state index in [1.807, 2.05) is 6.07 Å². The van der Waals surface area contributed by atoms with Crippen molar-refractivity contribution in [2.24, 2.45) is 5.41 Å². The van der Waals surface area contributed by atoms with Crippen LogP contribution in [0.3, 0.4) is 0 Å². The van der Waals surface area contributed by atoms with Crippen LogP contribution in [0.15, 0.2) is 60.3 Å². The van der Waals surface area contributed by atoms with Gasteiger partial charge in [0.05, 0.1) is 30.5 Å². The van der Waals surface area contributed by atoms with Gasteiger partial charge in [0, 0.05) is 56.7 Å². The number of esters is 4. The number of rotatable bonds is 9. The number of hydrogen-bond donors (Lipinski definition) is 2. The monoisotopic (exact) mass is 727 g/mol. The predicted molar refractivity (Wildman–Crippen MR) is 187 cm³/mol. The molecule has 278 valence electrons. The van der Waals surface area contributed by atoms with Crippen molar-refractivity contribution < 1.29 is 42.9 Å². The SMILES string of the molecule is CCC12C=CCN3CC[C@]4(C(=C(C(=O)OC)[C@@H]1Nc1ncnc5c1ncn5C1OC(COC(C)=O)C(OC(C)=O)C1OC(C)=O)Nc1ccccc14)C32. The van der Waals surface area contributed by atoms with E-state index in [1.165, 1.54) is 46.1 Å². The predicted octanol–water partition coefficient (Wildman–Crippen LogP) is 2.78. The van der Waals surface area contributed by atoms with E-state index in [4.69, 9.17) is 28.7 Å². The summed E-state index contributed by atoms with van der Waals surface area (Å²) >= 11 is 0. The molecule has 3 aromatic rings. The topological polar surface area (TPSA) is 185 Å². The summed E-state index contributed by atoms with van der Waals surface area (Å²) in [7, 11) is 1.40. The molecule has 6 unspecified atom stereocenters. The minimum Gasteiger partial charge on any atom is -0.466 e. The smallest absolute Gasteiger partial charge is 0.337 e. The number of benzene rings is 1. The van der Waals surface area contributed by atoms with Crippen LogP contribution in [0.25, 0.3) is 11.2 Å². The van der Waals surface area contributed by atoms with Crippen LogP contribution in [-0.2, 0) is 48.3 Å². The Balaban J connectivity index is 1.24. The highest BCUT2D eigenvalue weighted by molar-refractivity contribution is 5.96. The van der Waals surface area contributed by atoms with Crippen molar-refractivity contribution >= 4 is 46.5 Å². The molecule has 2 N–H and O–H groups in total. The molecule has 1 spiro atoms. The van der Waals surface area contributed by atoms with Gasteiger partial charge in [-0.2, -0.15) is 0 Å². The fourth-order valence-electron chi connectivity index (χ4n) is 9.52. The number of aromatic nitrogens is 4. The number of hydrogen-bond acceptors (Lipinski definition) is 15. The van der Waals surface area contributed by atoms with Crippen molar-refractivity contribution in [1.29, 1.82) is 0 Å². The highest BCUT2D eigenvalue weighted by atomic mass is 16.7. The summed E-state index contributed by atoms with van der Waals surface area (Å²) in [5.41, 5.74) is 3.13. The van der Waals surface area contributed by atoms with Gasteiger partial charge in [0.2, 0.25) is 0 Å². The van der Waals surface area contributed by atoms with Crippen LogP contribution in [0.4, 0.5) is 11.5 Å². The Morgan fingerprint density at radius 1 is 1.04 bits per heavy atom. The average Bonchev–Trinajstić information content (AvgIpc) is 3.91. The number of para-hydroxylation sites is 1. The van der Waals surface area contributed by atoms with Gasteiger partial charge in [-0.25, -0.2) is 19.7 Å². The molecule has 1 aliphatic carbocycles. The molecule has 8 atom stereocenters. The Morgan fingerprint density at radius 2 is 1.81 bits per heavy atom. The molecular weight excluding hydrogens is 686 g/mol. The molecule has 16 heteroatoms. The van der Waals surface area contributed by atoms with Crippen molar-refractivity contribution in [3.05, 3.63) is 65.9 Å². The second-order valence-electron chi connectivity index (χ2n) is 14.1. The first-order valence-corrected chi connectivity index (χ1v) is 17.7. The van der Waals surface area contributed by atoms with Gasteiger partial charge in [0.1, 0.15) is 19.0 Å². The molecule has 53 heavy (non-hydrogen) atoms. The van der Waals surface area contributed by atoms with Gasteiger partial charge in [-0.15, -0.1) is 0 Å². The van der Waals surface area contributed by atoms with E-state index in [-0.39, 0.29) is 12.6 Å². The van der Waals surface area contributed by atoms with E-state index in [0.717, 1.165) is 30.9 Å². The second-order valence-corrected chi connectivity index (χ2v) is 14.1. The van der Waals surface area contributed by atoms with E-state index in [0.29, 0.717) is 29.0 Å². The summed E-state index contributed by atoms with van der Waals surface area (Å²) < 4.78 is 29.8. The summed E-state index contributed by atoms with van der Waals surface area (Å²) in [6, 6.07) is 7.68. The maximum atomic E-state index is 14.1. The lowest BCUT2D eigenvalue weighted by Crippen LogP contribution is -2.65. The molecule has 2 saturated heterocycles. The van der Waals surface area contributed by atoms with Gasteiger partial charge in [-0.1, -0.05) is 37.3 Å². The molecule has 2 aromatic heterocycles. The zero-order valence-corrected chi connectivity index (χ0v) is 30.0. The number of anilines is 2. The minimum atomic E-state index is -1.14. The van der Waals surface area contributed by atoms with Crippen LogP contribution in [-0.4, -0.2) is 105 Å². The largest absolute Gasteiger partial charge is 0.466 e. The number of ether oxygens (including phenoxy) is 5. The number of nitrogens with zero attached hydrogens (tertiary/aromatic N) is 5. The molecular formula is C37H41N7O9. The number of carbonyl (C=O) groups is 4. The first kappa shape index (κ1) is 34.7. The van der Waals surface area contributed by atoms with E-state index >= 15 is 0 Å². The van der Waals surface area contributed by atoms with Crippen LogP contribution in [0, 0.1) is 5.41 Å². The zero-order chi connectivity index (χ0) is 37.2. The molecule has 8 rings (SSSR count). The summed E-state index contributed by atoms with van der Waals surface area (Å²) in [5.74, 6) is -1.93. The third-order valence-electron chi connectivity index (χ3n) is 11.4. The zero-order valence-electron chi connectivity index (χ0n) is 30.0. The number of methoxy groups -OCH3 is 1. The van der Waals surface area contributed by atoms with Gasteiger partial charge >= 0.3 is 23.9 Å². The van der Waals surface area contributed by atoms with Crippen LogP contribution in [0.2, 0.25) is 0 Å². The minimum absolute atomic E-state index is 0.0145. The number of nitrogens with one attached hydrogen (secondary N) is 2. The Hall–Kier alpha value is -5.35. The van der Waals surface area contributed by atoms with Crippen LogP contribution in [0.1, 0.15) is 52.3 Å². The second kappa shape index (κ2) is 12.9. The maximum Gasteiger partial charge on any atom is 0.337 e. The van der Waals surface area contributed by atoms with E-state index in [1.54, 1.807) is 4.57 Å².